The Kier molecular flexibility index (Phi) is 4.27. The number of carbonyl (C=O) groups is 1. The van der Waals surface area contributed by atoms with Gasteiger partial charge in [-0.15, -0.1) is 11.3 Å². The molecule has 0 atom stereocenters. The molecule has 0 unspecified atom stereocenters. The van der Waals surface area contributed by atoms with Gasteiger partial charge in [-0.2, -0.15) is 4.98 Å². The molecule has 4 aromatic rings. The fourth-order valence-corrected chi connectivity index (χ4v) is 3.46. The molecule has 8 heteroatoms. The van der Waals surface area contributed by atoms with Gasteiger partial charge < -0.3 is 14.2 Å². The summed E-state index contributed by atoms with van der Waals surface area (Å²) in [7, 11) is 0. The van der Waals surface area contributed by atoms with Crippen molar-refractivity contribution in [2.45, 2.75) is 32.7 Å². The van der Waals surface area contributed by atoms with Gasteiger partial charge in [-0.25, -0.2) is 4.98 Å². The van der Waals surface area contributed by atoms with E-state index in [2.05, 4.69) is 41.2 Å². The van der Waals surface area contributed by atoms with Crippen molar-refractivity contribution in [3.63, 3.8) is 0 Å². The van der Waals surface area contributed by atoms with Crippen LogP contribution in [0.5, 0.6) is 0 Å². The molecule has 0 saturated carbocycles. The van der Waals surface area contributed by atoms with Gasteiger partial charge in [-0.3, -0.25) is 4.79 Å². The van der Waals surface area contributed by atoms with Crippen LogP contribution in [0.3, 0.4) is 0 Å². The lowest BCUT2D eigenvalue weighted by Gasteiger charge is -2.16. The monoisotopic (exact) mass is 381 g/mol. The maximum atomic E-state index is 12.7. The molecule has 0 bridgehead atoms. The zero-order valence-electron chi connectivity index (χ0n) is 15.3. The van der Waals surface area contributed by atoms with Crippen LogP contribution < -0.4 is 5.32 Å². The van der Waals surface area contributed by atoms with Gasteiger partial charge in [0.2, 0.25) is 11.7 Å². The first-order valence-electron chi connectivity index (χ1n) is 8.56. The number of hydrogen-bond donors (Lipinski definition) is 1. The number of nitrogens with zero attached hydrogens (tertiary/aromatic N) is 4. The Hall–Kier alpha value is -3.00. The second kappa shape index (κ2) is 6.62. The minimum atomic E-state index is -0.273. The molecule has 0 aliphatic rings. The predicted octanol–water partition coefficient (Wildman–Crippen LogP) is 3.67. The molecule has 4 aromatic heterocycles. The molecule has 1 N–H and O–H groups in total. The highest BCUT2D eigenvalue weighted by molar-refractivity contribution is 7.13. The first-order valence-corrected chi connectivity index (χ1v) is 9.43. The summed E-state index contributed by atoms with van der Waals surface area (Å²) in [5.74, 6) is 1.44. The minimum Gasteiger partial charge on any atom is -0.342 e. The van der Waals surface area contributed by atoms with E-state index in [1.165, 1.54) is 11.3 Å². The summed E-state index contributed by atoms with van der Waals surface area (Å²) in [6.07, 6.45) is 1.92. The summed E-state index contributed by atoms with van der Waals surface area (Å²) < 4.78 is 7.18. The summed E-state index contributed by atoms with van der Waals surface area (Å²) >= 11 is 1.53. The van der Waals surface area contributed by atoms with Crippen LogP contribution in [0, 0.1) is 0 Å². The Morgan fingerprint density at radius 3 is 2.81 bits per heavy atom. The lowest BCUT2D eigenvalue weighted by molar-refractivity contribution is 0.0943. The molecule has 0 aromatic carbocycles. The van der Waals surface area contributed by atoms with E-state index in [9.17, 15) is 4.79 Å². The van der Waals surface area contributed by atoms with Crippen LogP contribution in [0.1, 0.15) is 43.0 Å². The number of rotatable bonds is 4. The Bertz CT molecular complexity index is 1090. The highest BCUT2D eigenvalue weighted by atomic mass is 32.1. The molecule has 138 valence electrons. The van der Waals surface area contributed by atoms with E-state index < -0.39 is 0 Å². The highest BCUT2D eigenvalue weighted by Gasteiger charge is 2.25. The lowest BCUT2D eigenvalue weighted by Crippen LogP contribution is -2.24. The molecule has 0 fully saturated rings. The average Bonchev–Trinajstić information content (AvgIpc) is 3.37. The lowest BCUT2D eigenvalue weighted by atomic mass is 9.96. The zero-order chi connectivity index (χ0) is 19.0. The van der Waals surface area contributed by atoms with E-state index in [-0.39, 0.29) is 17.9 Å². The first kappa shape index (κ1) is 17.4. The molecule has 0 spiro atoms. The zero-order valence-corrected chi connectivity index (χ0v) is 16.1. The van der Waals surface area contributed by atoms with E-state index >= 15 is 0 Å². The second-order valence-electron chi connectivity index (χ2n) is 7.16. The molecule has 0 radical (unpaired) electrons. The average molecular weight is 381 g/mol. The third-order valence-electron chi connectivity index (χ3n) is 4.04. The molecule has 27 heavy (non-hydrogen) atoms. The van der Waals surface area contributed by atoms with Crippen LogP contribution >= 0.6 is 11.3 Å². The molecule has 4 rings (SSSR count). The van der Waals surface area contributed by atoms with Crippen LogP contribution in [-0.4, -0.2) is 25.4 Å². The van der Waals surface area contributed by atoms with Gasteiger partial charge in [-0.05, 0) is 23.6 Å². The van der Waals surface area contributed by atoms with E-state index in [0.717, 1.165) is 16.2 Å². The topological polar surface area (TPSA) is 85.3 Å². The smallest absolute Gasteiger partial charge is 0.272 e. The fraction of sp³-hybridized carbons (Fsp3) is 0.263. The van der Waals surface area contributed by atoms with Crippen molar-refractivity contribution in [3.8, 4) is 10.7 Å². The van der Waals surface area contributed by atoms with Crippen LogP contribution in [0.15, 0.2) is 46.4 Å². The summed E-state index contributed by atoms with van der Waals surface area (Å²) in [5, 5.41) is 8.72. The second-order valence-corrected chi connectivity index (χ2v) is 8.11. The summed E-state index contributed by atoms with van der Waals surface area (Å²) in [6, 6.07) is 9.55. The minimum absolute atomic E-state index is 0.147. The van der Waals surface area contributed by atoms with Crippen LogP contribution in [0.2, 0.25) is 0 Å². The Morgan fingerprint density at radius 1 is 1.22 bits per heavy atom. The van der Waals surface area contributed by atoms with E-state index in [4.69, 9.17) is 4.52 Å². The number of imidazole rings is 1. The van der Waals surface area contributed by atoms with Crippen molar-refractivity contribution in [1.29, 1.82) is 0 Å². The first-order chi connectivity index (χ1) is 12.9. The van der Waals surface area contributed by atoms with Gasteiger partial charge in [0.05, 0.1) is 16.9 Å². The Balaban J connectivity index is 1.55. The number of aromatic nitrogens is 4. The molecule has 0 aliphatic carbocycles. The number of pyridine rings is 1. The van der Waals surface area contributed by atoms with Crippen molar-refractivity contribution in [2.75, 3.05) is 0 Å². The molecule has 4 heterocycles. The maximum Gasteiger partial charge on any atom is 0.272 e. The molecule has 0 saturated heterocycles. The van der Waals surface area contributed by atoms with Gasteiger partial charge in [0.1, 0.15) is 5.82 Å². The Labute approximate surface area is 160 Å². The predicted molar refractivity (Wildman–Crippen MR) is 103 cm³/mol. The Morgan fingerprint density at radius 2 is 2.07 bits per heavy atom. The van der Waals surface area contributed by atoms with Gasteiger partial charge >= 0.3 is 0 Å². The largest absolute Gasteiger partial charge is 0.342 e. The third kappa shape index (κ3) is 3.35. The van der Waals surface area contributed by atoms with Crippen molar-refractivity contribution >= 4 is 22.8 Å². The summed E-state index contributed by atoms with van der Waals surface area (Å²) in [6.45, 7) is 6.36. The van der Waals surface area contributed by atoms with E-state index in [1.807, 2.05) is 46.3 Å². The fourth-order valence-electron chi connectivity index (χ4n) is 2.81. The van der Waals surface area contributed by atoms with Crippen molar-refractivity contribution in [2.24, 2.45) is 0 Å². The molecule has 1 amide bonds. The van der Waals surface area contributed by atoms with Crippen LogP contribution in [-0.2, 0) is 12.0 Å². The molecule has 0 aliphatic heterocycles. The molecular formula is C19H19N5O2S. The van der Waals surface area contributed by atoms with Gasteiger partial charge in [0.15, 0.2) is 5.69 Å². The van der Waals surface area contributed by atoms with Gasteiger partial charge in [0, 0.05) is 11.6 Å². The van der Waals surface area contributed by atoms with E-state index in [1.54, 1.807) is 0 Å². The molecule has 7 nitrogen and oxygen atoms in total. The van der Waals surface area contributed by atoms with Gasteiger partial charge in [0.25, 0.3) is 5.91 Å². The highest BCUT2D eigenvalue weighted by Crippen LogP contribution is 2.25. The van der Waals surface area contributed by atoms with Crippen LogP contribution in [0.4, 0.5) is 0 Å². The number of hydrogen-bond acceptors (Lipinski definition) is 6. The number of fused-ring (bicyclic) bond motifs is 1. The molecular weight excluding hydrogens is 362 g/mol. The number of carbonyl (C=O) groups excluding carboxylic acids is 1. The number of amides is 1. The maximum absolute atomic E-state index is 12.7. The van der Waals surface area contributed by atoms with Crippen molar-refractivity contribution in [3.05, 3.63) is 59.3 Å². The summed E-state index contributed by atoms with van der Waals surface area (Å²) in [5.41, 5.74) is 0.966. The normalized spacial score (nSPS) is 11.8. The third-order valence-corrected chi connectivity index (χ3v) is 4.91. The van der Waals surface area contributed by atoms with Crippen molar-refractivity contribution < 1.29 is 9.32 Å². The van der Waals surface area contributed by atoms with Gasteiger partial charge in [-0.1, -0.05) is 38.1 Å². The number of nitrogens with one attached hydrogen (secondary N) is 1. The van der Waals surface area contributed by atoms with Crippen LogP contribution in [0.25, 0.3) is 16.2 Å². The standard InChI is InChI=1S/C19H19N5O2S/c1-19(2,3)18-22-15(12-7-4-5-9-24(12)18)17(25)20-11-14-21-16(23-26-14)13-8-6-10-27-13/h4-10H,11H2,1-3H3,(H,20,25). The van der Waals surface area contributed by atoms with E-state index in [0.29, 0.717) is 17.4 Å². The van der Waals surface area contributed by atoms with Crippen molar-refractivity contribution in [1.82, 2.24) is 24.8 Å². The number of thiophene rings is 1. The summed E-state index contributed by atoms with van der Waals surface area (Å²) in [4.78, 5) is 22.6. The SMILES string of the molecule is CC(C)(C)c1nc(C(=O)NCc2nc(-c3cccs3)no2)c2ccccn12. The quantitative estimate of drug-likeness (QED) is 0.583.